The minimum absolute atomic E-state index is 0.131. The molecule has 3 aromatic rings. The van der Waals surface area contributed by atoms with Gasteiger partial charge in [-0.1, -0.05) is 45.0 Å². The molecule has 8 heteroatoms. The Kier molecular flexibility index (Phi) is 6.26. The summed E-state index contributed by atoms with van der Waals surface area (Å²) >= 11 is 1.64. The second-order valence-electron chi connectivity index (χ2n) is 9.26. The zero-order chi connectivity index (χ0) is 22.9. The molecule has 1 aliphatic heterocycles. The van der Waals surface area contributed by atoms with E-state index >= 15 is 0 Å². The van der Waals surface area contributed by atoms with Crippen LogP contribution in [0.25, 0.3) is 21.1 Å². The highest BCUT2D eigenvalue weighted by molar-refractivity contribution is 7.18. The molecule has 0 aliphatic carbocycles. The maximum Gasteiger partial charge on any atom is 0.253 e. The van der Waals surface area contributed by atoms with Crippen LogP contribution in [0.3, 0.4) is 0 Å². The lowest BCUT2D eigenvalue weighted by molar-refractivity contribution is 0.214. The molecule has 4 rings (SSSR count). The number of aromatic nitrogens is 3. The van der Waals surface area contributed by atoms with Gasteiger partial charge in [-0.2, -0.15) is 4.99 Å². The molecule has 1 saturated heterocycles. The van der Waals surface area contributed by atoms with Crippen molar-refractivity contribution in [3.05, 3.63) is 47.8 Å². The molecule has 2 N–H and O–H groups in total. The molecular weight excluding hydrogens is 418 g/mol. The number of hydrogen-bond acceptors (Lipinski definition) is 6. The standard InChI is InChI=1S/C24H31N7S/c1-16-20(32-21(27-16)17-6-8-18(9-7-17)24(2,3)4)19-10-11-26-23(28-19)29-22(25)31-14-12-30(5)13-15-31/h6-11H,12-15H2,1-5H3,(H2,25,26,28,29). The van der Waals surface area contributed by atoms with Gasteiger partial charge in [0.1, 0.15) is 5.01 Å². The average Bonchev–Trinajstić information content (AvgIpc) is 3.15. The van der Waals surface area contributed by atoms with Gasteiger partial charge in [-0.15, -0.1) is 11.3 Å². The number of aryl methyl sites for hydroxylation is 1. The Morgan fingerprint density at radius 3 is 2.38 bits per heavy atom. The topological polar surface area (TPSA) is 83.5 Å². The molecule has 1 aliphatic rings. The number of nitrogens with zero attached hydrogens (tertiary/aromatic N) is 6. The number of guanidine groups is 1. The Balaban J connectivity index is 1.57. The molecular formula is C24H31N7S. The van der Waals surface area contributed by atoms with Crippen molar-refractivity contribution in [1.82, 2.24) is 24.8 Å². The zero-order valence-corrected chi connectivity index (χ0v) is 20.3. The highest BCUT2D eigenvalue weighted by Crippen LogP contribution is 2.35. The SMILES string of the molecule is Cc1nc(-c2ccc(C(C)(C)C)cc2)sc1-c1ccnc(N=C(N)N2CCN(C)CC2)n1. The molecule has 1 fully saturated rings. The lowest BCUT2D eigenvalue weighted by Gasteiger charge is -2.32. The summed E-state index contributed by atoms with van der Waals surface area (Å²) in [5, 5.41) is 0.985. The first kappa shape index (κ1) is 22.4. The molecule has 32 heavy (non-hydrogen) atoms. The van der Waals surface area contributed by atoms with Crippen molar-refractivity contribution in [2.75, 3.05) is 33.2 Å². The van der Waals surface area contributed by atoms with Gasteiger partial charge in [0.25, 0.3) is 5.95 Å². The van der Waals surface area contributed by atoms with Crippen LogP contribution in [0.4, 0.5) is 5.95 Å². The predicted octanol–water partition coefficient (Wildman–Crippen LogP) is 4.07. The van der Waals surface area contributed by atoms with Crippen LogP contribution in [0.2, 0.25) is 0 Å². The Morgan fingerprint density at radius 1 is 1.03 bits per heavy atom. The fraction of sp³-hybridized carbons (Fsp3) is 0.417. The minimum atomic E-state index is 0.131. The lowest BCUT2D eigenvalue weighted by Crippen LogP contribution is -2.49. The van der Waals surface area contributed by atoms with Gasteiger partial charge in [0.15, 0.2) is 5.96 Å². The van der Waals surface area contributed by atoms with Gasteiger partial charge in [-0.25, -0.2) is 15.0 Å². The highest BCUT2D eigenvalue weighted by Gasteiger charge is 2.18. The molecule has 0 bridgehead atoms. The summed E-state index contributed by atoms with van der Waals surface area (Å²) < 4.78 is 0. The zero-order valence-electron chi connectivity index (χ0n) is 19.5. The summed E-state index contributed by atoms with van der Waals surface area (Å²) in [5.41, 5.74) is 10.6. The van der Waals surface area contributed by atoms with E-state index in [0.29, 0.717) is 11.9 Å². The normalized spacial score (nSPS) is 15.9. The van der Waals surface area contributed by atoms with Gasteiger partial charge >= 0.3 is 0 Å². The largest absolute Gasteiger partial charge is 0.369 e. The van der Waals surface area contributed by atoms with Crippen molar-refractivity contribution in [3.8, 4) is 21.1 Å². The molecule has 0 spiro atoms. The summed E-state index contributed by atoms with van der Waals surface area (Å²) in [6, 6.07) is 10.6. The van der Waals surface area contributed by atoms with E-state index in [4.69, 9.17) is 10.7 Å². The predicted molar refractivity (Wildman–Crippen MR) is 132 cm³/mol. The summed E-state index contributed by atoms with van der Waals surface area (Å²) in [5.74, 6) is 0.846. The molecule has 3 heterocycles. The quantitative estimate of drug-likeness (QED) is 0.479. The first-order valence-corrected chi connectivity index (χ1v) is 11.7. The number of benzene rings is 1. The fourth-order valence-electron chi connectivity index (χ4n) is 3.61. The third-order valence-electron chi connectivity index (χ3n) is 5.71. The van der Waals surface area contributed by atoms with Crippen molar-refractivity contribution < 1.29 is 0 Å². The summed E-state index contributed by atoms with van der Waals surface area (Å²) in [6.07, 6.45) is 1.73. The van der Waals surface area contributed by atoms with Crippen LogP contribution in [0.1, 0.15) is 32.0 Å². The maximum absolute atomic E-state index is 6.24. The number of aliphatic imine (C=N–C) groups is 1. The Hall–Kier alpha value is -2.84. The number of likely N-dealkylation sites (N-methyl/N-ethyl adjacent to an activating group) is 1. The molecule has 2 aromatic heterocycles. The van der Waals surface area contributed by atoms with Crippen molar-refractivity contribution in [2.45, 2.75) is 33.1 Å². The Labute approximate surface area is 194 Å². The van der Waals surface area contributed by atoms with Gasteiger partial charge < -0.3 is 15.5 Å². The molecule has 0 unspecified atom stereocenters. The summed E-state index contributed by atoms with van der Waals surface area (Å²) in [6.45, 7) is 12.3. The lowest BCUT2D eigenvalue weighted by atomic mass is 9.87. The van der Waals surface area contributed by atoms with E-state index in [9.17, 15) is 0 Å². The van der Waals surface area contributed by atoms with Crippen LogP contribution in [0.5, 0.6) is 0 Å². The van der Waals surface area contributed by atoms with E-state index in [0.717, 1.165) is 53.0 Å². The van der Waals surface area contributed by atoms with Gasteiger partial charge in [-0.05, 0) is 31.0 Å². The third-order valence-corrected chi connectivity index (χ3v) is 6.94. The highest BCUT2D eigenvalue weighted by atomic mass is 32.1. The summed E-state index contributed by atoms with van der Waals surface area (Å²) in [7, 11) is 2.11. The van der Waals surface area contributed by atoms with Crippen LogP contribution < -0.4 is 5.73 Å². The van der Waals surface area contributed by atoms with Crippen molar-refractivity contribution in [1.29, 1.82) is 0 Å². The van der Waals surface area contributed by atoms with E-state index in [1.54, 1.807) is 17.5 Å². The number of piperazine rings is 1. The van der Waals surface area contributed by atoms with E-state index in [-0.39, 0.29) is 5.41 Å². The molecule has 168 valence electrons. The van der Waals surface area contributed by atoms with Crippen LogP contribution in [0, 0.1) is 6.92 Å². The monoisotopic (exact) mass is 449 g/mol. The number of thiazole rings is 1. The van der Waals surface area contributed by atoms with E-state index in [1.165, 1.54) is 5.56 Å². The molecule has 7 nitrogen and oxygen atoms in total. The number of rotatable bonds is 3. The van der Waals surface area contributed by atoms with E-state index in [1.807, 2.05) is 13.0 Å². The molecule has 1 aromatic carbocycles. The second-order valence-corrected chi connectivity index (χ2v) is 10.3. The van der Waals surface area contributed by atoms with Crippen LogP contribution in [-0.4, -0.2) is 63.9 Å². The van der Waals surface area contributed by atoms with Crippen molar-refractivity contribution >= 4 is 23.2 Å². The molecule has 0 amide bonds. The van der Waals surface area contributed by atoms with Crippen LogP contribution >= 0.6 is 11.3 Å². The molecule has 0 saturated carbocycles. The first-order chi connectivity index (χ1) is 15.2. The smallest absolute Gasteiger partial charge is 0.253 e. The van der Waals surface area contributed by atoms with Gasteiger partial charge in [0.05, 0.1) is 16.3 Å². The van der Waals surface area contributed by atoms with E-state index < -0.39 is 0 Å². The average molecular weight is 450 g/mol. The van der Waals surface area contributed by atoms with Crippen LogP contribution in [0.15, 0.2) is 41.5 Å². The maximum atomic E-state index is 6.24. The van der Waals surface area contributed by atoms with Gasteiger partial charge in [0.2, 0.25) is 0 Å². The Bertz CT molecular complexity index is 1100. The molecule has 0 atom stereocenters. The van der Waals surface area contributed by atoms with Crippen molar-refractivity contribution in [3.63, 3.8) is 0 Å². The van der Waals surface area contributed by atoms with Gasteiger partial charge in [-0.3, -0.25) is 0 Å². The fourth-order valence-corrected chi connectivity index (χ4v) is 4.65. The number of hydrogen-bond donors (Lipinski definition) is 1. The molecule has 0 radical (unpaired) electrons. The second kappa shape index (κ2) is 8.96. The third kappa shape index (κ3) is 4.97. The Morgan fingerprint density at radius 2 is 1.72 bits per heavy atom. The first-order valence-electron chi connectivity index (χ1n) is 10.9. The van der Waals surface area contributed by atoms with Gasteiger partial charge in [0, 0.05) is 37.9 Å². The minimum Gasteiger partial charge on any atom is -0.369 e. The summed E-state index contributed by atoms with van der Waals surface area (Å²) in [4.78, 5) is 23.6. The number of nitrogens with two attached hydrogens (primary N) is 1. The van der Waals surface area contributed by atoms with Crippen molar-refractivity contribution in [2.24, 2.45) is 10.7 Å². The van der Waals surface area contributed by atoms with Crippen LogP contribution in [-0.2, 0) is 5.41 Å². The van der Waals surface area contributed by atoms with E-state index in [2.05, 4.69) is 76.8 Å².